The van der Waals surface area contributed by atoms with E-state index in [9.17, 15) is 9.59 Å². The van der Waals surface area contributed by atoms with Gasteiger partial charge in [-0.25, -0.2) is 4.79 Å². The van der Waals surface area contributed by atoms with Gasteiger partial charge in [0.25, 0.3) is 0 Å². The number of ketones is 1. The van der Waals surface area contributed by atoms with Gasteiger partial charge in [-0.3, -0.25) is 4.79 Å². The third kappa shape index (κ3) is 4.70. The molecule has 2 aromatic carbocycles. The van der Waals surface area contributed by atoms with E-state index in [2.05, 4.69) is 5.48 Å². The summed E-state index contributed by atoms with van der Waals surface area (Å²) in [6.07, 6.45) is 0. The van der Waals surface area contributed by atoms with Crippen molar-refractivity contribution in [1.29, 1.82) is 0 Å². The predicted octanol–water partition coefficient (Wildman–Crippen LogP) is 4.89. The van der Waals surface area contributed by atoms with E-state index in [-0.39, 0.29) is 17.8 Å². The first-order chi connectivity index (χ1) is 13.1. The van der Waals surface area contributed by atoms with Crippen molar-refractivity contribution in [3.05, 3.63) is 93.7 Å². The molecule has 0 bridgehead atoms. The van der Waals surface area contributed by atoms with Crippen LogP contribution >= 0.6 is 11.3 Å². The molecule has 0 aliphatic rings. The molecule has 5 heteroatoms. The van der Waals surface area contributed by atoms with E-state index in [1.807, 2.05) is 48.7 Å². The molecule has 1 N–H and O–H groups in total. The van der Waals surface area contributed by atoms with E-state index in [0.717, 1.165) is 11.1 Å². The van der Waals surface area contributed by atoms with E-state index < -0.39 is 5.92 Å². The van der Waals surface area contributed by atoms with Crippen LogP contribution < -0.4 is 5.48 Å². The lowest BCUT2D eigenvalue weighted by atomic mass is 9.99. The first-order valence-electron chi connectivity index (χ1n) is 8.75. The van der Waals surface area contributed by atoms with Crippen molar-refractivity contribution in [3.63, 3.8) is 0 Å². The second-order valence-corrected chi connectivity index (χ2v) is 7.27. The summed E-state index contributed by atoms with van der Waals surface area (Å²) < 4.78 is 0. The Morgan fingerprint density at radius 2 is 1.59 bits per heavy atom. The molecule has 0 spiro atoms. The molecule has 0 saturated carbocycles. The van der Waals surface area contributed by atoms with Crippen molar-refractivity contribution >= 4 is 23.1 Å². The highest BCUT2D eigenvalue weighted by molar-refractivity contribution is 7.12. The molecule has 0 aliphatic heterocycles. The van der Waals surface area contributed by atoms with E-state index in [0.29, 0.717) is 10.4 Å². The average molecular weight is 379 g/mol. The minimum absolute atomic E-state index is 0.00914. The third-order valence-electron chi connectivity index (χ3n) is 4.41. The molecule has 27 heavy (non-hydrogen) atoms. The molecule has 0 aliphatic carbocycles. The summed E-state index contributed by atoms with van der Waals surface area (Å²) in [5, 5.41) is 1.88. The van der Waals surface area contributed by atoms with Gasteiger partial charge in [-0.1, -0.05) is 60.7 Å². The van der Waals surface area contributed by atoms with E-state index >= 15 is 0 Å². The molecule has 3 rings (SSSR count). The smallest absolute Gasteiger partial charge is 0.331 e. The molecule has 1 unspecified atom stereocenters. The monoisotopic (exact) mass is 379 g/mol. The van der Waals surface area contributed by atoms with Gasteiger partial charge in [-0.15, -0.1) is 16.8 Å². The highest BCUT2D eigenvalue weighted by Gasteiger charge is 2.19. The lowest BCUT2D eigenvalue weighted by Gasteiger charge is -2.16. The summed E-state index contributed by atoms with van der Waals surface area (Å²) >= 11 is 1.42. The zero-order chi connectivity index (χ0) is 19.2. The molecule has 0 radical (unpaired) electrons. The molecular formula is C22H21NO3S. The summed E-state index contributed by atoms with van der Waals surface area (Å²) in [7, 11) is 0. The molecule has 1 heterocycles. The molecule has 138 valence electrons. The minimum Gasteiger partial charge on any atom is -0.369 e. The summed E-state index contributed by atoms with van der Waals surface area (Å²) in [6, 6.07) is 20.4. The number of hydrogen-bond acceptors (Lipinski definition) is 5. The van der Waals surface area contributed by atoms with E-state index in [1.165, 1.54) is 11.3 Å². The fourth-order valence-corrected chi connectivity index (χ4v) is 3.34. The molecule has 3 aromatic rings. The Morgan fingerprint density at radius 1 is 0.889 bits per heavy atom. The van der Waals surface area contributed by atoms with Gasteiger partial charge in [0, 0.05) is 5.56 Å². The van der Waals surface area contributed by atoms with Crippen LogP contribution in [0.25, 0.3) is 0 Å². The van der Waals surface area contributed by atoms with Crippen molar-refractivity contribution in [3.8, 4) is 0 Å². The second kappa shape index (κ2) is 8.75. The Morgan fingerprint density at radius 3 is 2.22 bits per heavy atom. The van der Waals surface area contributed by atoms with Gasteiger partial charge >= 0.3 is 5.97 Å². The first-order valence-corrected chi connectivity index (χ1v) is 9.63. The highest BCUT2D eigenvalue weighted by Crippen LogP contribution is 2.21. The number of nitrogens with one attached hydrogen (secondary N) is 1. The van der Waals surface area contributed by atoms with Crippen LogP contribution in [0.5, 0.6) is 0 Å². The van der Waals surface area contributed by atoms with Gasteiger partial charge in [-0.2, -0.15) is 0 Å². The normalized spacial score (nSPS) is 13.0. The number of benzene rings is 2. The largest absolute Gasteiger partial charge is 0.369 e. The van der Waals surface area contributed by atoms with Crippen molar-refractivity contribution in [2.45, 2.75) is 25.8 Å². The summed E-state index contributed by atoms with van der Waals surface area (Å²) in [5.41, 5.74) is 5.24. The van der Waals surface area contributed by atoms with Crippen LogP contribution in [0.15, 0.2) is 72.1 Å². The third-order valence-corrected chi connectivity index (χ3v) is 5.28. The zero-order valence-corrected chi connectivity index (χ0v) is 16.0. The first kappa shape index (κ1) is 19.0. The highest BCUT2D eigenvalue weighted by atomic mass is 32.1. The Balaban J connectivity index is 1.59. The van der Waals surface area contributed by atoms with Gasteiger partial charge in [0.15, 0.2) is 0 Å². The molecule has 1 aromatic heterocycles. The number of hydroxylamine groups is 1. The van der Waals surface area contributed by atoms with Crippen LogP contribution in [0.1, 0.15) is 52.2 Å². The second-order valence-electron chi connectivity index (χ2n) is 6.32. The van der Waals surface area contributed by atoms with Crippen LogP contribution in [0, 0.1) is 0 Å². The van der Waals surface area contributed by atoms with Crippen molar-refractivity contribution in [1.82, 2.24) is 5.48 Å². The number of carbonyl (C=O) groups is 2. The quantitative estimate of drug-likeness (QED) is 0.469. The topological polar surface area (TPSA) is 55.4 Å². The molecular weight excluding hydrogens is 358 g/mol. The molecule has 4 nitrogen and oxygen atoms in total. The summed E-state index contributed by atoms with van der Waals surface area (Å²) in [5.74, 6) is -0.813. The minimum atomic E-state index is -0.439. The van der Waals surface area contributed by atoms with Crippen molar-refractivity contribution in [2.24, 2.45) is 0 Å². The molecule has 0 saturated heterocycles. The number of hydrogen-bond donors (Lipinski definition) is 1. The van der Waals surface area contributed by atoms with Gasteiger partial charge in [0.05, 0.1) is 16.8 Å². The maximum absolute atomic E-state index is 12.3. The van der Waals surface area contributed by atoms with Crippen molar-refractivity contribution in [2.75, 3.05) is 0 Å². The maximum atomic E-state index is 12.3. The number of rotatable bonds is 7. The van der Waals surface area contributed by atoms with E-state index in [4.69, 9.17) is 4.84 Å². The fraction of sp³-hybridized carbons (Fsp3) is 0.182. The molecule has 2 atom stereocenters. The Kier molecular flexibility index (Phi) is 6.16. The maximum Gasteiger partial charge on any atom is 0.331 e. The Hall–Kier alpha value is -2.76. The standard InChI is InChI=1S/C22H21NO3S/c1-15(22(25)26-23-16(2)18-7-4-3-5-8-18)17-10-12-19(13-11-17)21(24)20-9-6-14-27-20/h3-16,23H,1-2H3/t15-,16?/m0/s1. The predicted molar refractivity (Wildman–Crippen MR) is 107 cm³/mol. The van der Waals surface area contributed by atoms with Gasteiger partial charge in [0.1, 0.15) is 0 Å². The van der Waals surface area contributed by atoms with Gasteiger partial charge in [0.2, 0.25) is 5.78 Å². The summed E-state index contributed by atoms with van der Waals surface area (Å²) in [6.45, 7) is 3.71. The molecule has 0 amide bonds. The van der Waals surface area contributed by atoms with Crippen LogP contribution in [-0.4, -0.2) is 11.8 Å². The lowest BCUT2D eigenvalue weighted by molar-refractivity contribution is -0.154. The van der Waals surface area contributed by atoms with Crippen LogP contribution in [0.2, 0.25) is 0 Å². The summed E-state index contributed by atoms with van der Waals surface area (Å²) in [4.78, 5) is 30.6. The van der Waals surface area contributed by atoms with Crippen molar-refractivity contribution < 1.29 is 14.4 Å². The van der Waals surface area contributed by atoms with Crippen LogP contribution in [-0.2, 0) is 9.63 Å². The average Bonchev–Trinajstić information content (AvgIpc) is 3.26. The van der Waals surface area contributed by atoms with Crippen LogP contribution in [0.3, 0.4) is 0 Å². The number of thiophene rings is 1. The Labute approximate surface area is 162 Å². The zero-order valence-electron chi connectivity index (χ0n) is 15.2. The lowest BCUT2D eigenvalue weighted by Crippen LogP contribution is -2.26. The van der Waals surface area contributed by atoms with Crippen LogP contribution in [0.4, 0.5) is 0 Å². The SMILES string of the molecule is CC(NOC(=O)[C@@H](C)c1ccc(C(=O)c2cccs2)cc1)c1ccccc1. The number of carbonyl (C=O) groups excluding carboxylic acids is 2. The van der Waals surface area contributed by atoms with Gasteiger partial charge < -0.3 is 4.84 Å². The fourth-order valence-electron chi connectivity index (χ4n) is 2.65. The molecule has 0 fully saturated rings. The van der Waals surface area contributed by atoms with Gasteiger partial charge in [-0.05, 0) is 36.4 Å². The van der Waals surface area contributed by atoms with E-state index in [1.54, 1.807) is 37.3 Å². The Bertz CT molecular complexity index is 889.